The zero-order valence-corrected chi connectivity index (χ0v) is 14.0. The minimum Gasteiger partial charge on any atom is -0.221 e. The molecule has 0 saturated heterocycles. The molecule has 0 aliphatic heterocycles. The summed E-state index contributed by atoms with van der Waals surface area (Å²) in [6.07, 6.45) is 4.95. The highest BCUT2D eigenvalue weighted by Crippen LogP contribution is 2.38. The van der Waals surface area contributed by atoms with Crippen molar-refractivity contribution in [2.75, 3.05) is 0 Å². The van der Waals surface area contributed by atoms with E-state index in [1.165, 1.54) is 36.8 Å². The molecule has 2 aromatic rings. The smallest absolute Gasteiger partial charge is 0.137 e. The maximum absolute atomic E-state index is 6.58. The Morgan fingerprint density at radius 3 is 2.62 bits per heavy atom. The number of aromatic nitrogens is 2. The van der Waals surface area contributed by atoms with Crippen LogP contribution in [-0.2, 0) is 5.88 Å². The van der Waals surface area contributed by atoms with Crippen molar-refractivity contribution in [2.45, 2.75) is 51.3 Å². The Balaban J connectivity index is 2.12. The first-order valence-corrected chi connectivity index (χ1v) is 8.44. The number of alkyl halides is 1. The summed E-state index contributed by atoms with van der Waals surface area (Å²) in [4.78, 5) is 0. The summed E-state index contributed by atoms with van der Waals surface area (Å²) >= 11 is 12.7. The molecular weight excluding hydrogens is 303 g/mol. The Bertz CT molecular complexity index is 655. The lowest BCUT2D eigenvalue weighted by Gasteiger charge is -2.09. The van der Waals surface area contributed by atoms with E-state index < -0.39 is 0 Å². The van der Waals surface area contributed by atoms with E-state index >= 15 is 0 Å². The van der Waals surface area contributed by atoms with Crippen LogP contribution in [0.15, 0.2) is 18.2 Å². The molecular formula is C17H20Cl2N2. The van der Waals surface area contributed by atoms with E-state index in [1.54, 1.807) is 0 Å². The molecule has 0 amide bonds. The summed E-state index contributed by atoms with van der Waals surface area (Å²) in [5.74, 6) is 0.942. The molecule has 21 heavy (non-hydrogen) atoms. The largest absolute Gasteiger partial charge is 0.221 e. The van der Waals surface area contributed by atoms with Gasteiger partial charge in [-0.2, -0.15) is 5.10 Å². The van der Waals surface area contributed by atoms with Gasteiger partial charge in [-0.15, -0.1) is 11.6 Å². The molecule has 112 valence electrons. The predicted molar refractivity (Wildman–Crippen MR) is 88.8 cm³/mol. The number of rotatable bonds is 3. The number of hydrogen-bond donors (Lipinski definition) is 0. The molecule has 1 aromatic carbocycles. The Kier molecular flexibility index (Phi) is 4.28. The van der Waals surface area contributed by atoms with Gasteiger partial charge in [0.1, 0.15) is 5.15 Å². The van der Waals surface area contributed by atoms with Crippen LogP contribution in [0.5, 0.6) is 0 Å². The maximum Gasteiger partial charge on any atom is 0.137 e. The van der Waals surface area contributed by atoms with Crippen LogP contribution in [0.3, 0.4) is 0 Å². The molecule has 0 spiro atoms. The molecule has 2 nitrogen and oxygen atoms in total. The van der Waals surface area contributed by atoms with Gasteiger partial charge >= 0.3 is 0 Å². The van der Waals surface area contributed by atoms with Crippen LogP contribution in [0, 0.1) is 13.8 Å². The molecule has 0 radical (unpaired) electrons. The monoisotopic (exact) mass is 322 g/mol. The maximum atomic E-state index is 6.58. The van der Waals surface area contributed by atoms with Gasteiger partial charge < -0.3 is 0 Å². The van der Waals surface area contributed by atoms with Crippen molar-refractivity contribution >= 4 is 23.2 Å². The average Bonchev–Trinajstić information content (AvgIpc) is 3.09. The number of benzene rings is 1. The number of hydrogen-bond acceptors (Lipinski definition) is 1. The van der Waals surface area contributed by atoms with E-state index in [9.17, 15) is 0 Å². The minimum absolute atomic E-state index is 0.426. The summed E-state index contributed by atoms with van der Waals surface area (Å²) < 4.78 is 1.87. The lowest BCUT2D eigenvalue weighted by atomic mass is 10.0. The van der Waals surface area contributed by atoms with Crippen LogP contribution in [0.4, 0.5) is 0 Å². The summed E-state index contributed by atoms with van der Waals surface area (Å²) in [5, 5.41) is 5.50. The SMILES string of the molecule is Cc1ccc(C)c(-n2nc(C3CCCC3)c(CCl)c2Cl)c1. The highest BCUT2D eigenvalue weighted by Gasteiger charge is 2.26. The first-order valence-electron chi connectivity index (χ1n) is 7.52. The minimum atomic E-state index is 0.426. The molecule has 1 aromatic heterocycles. The van der Waals surface area contributed by atoms with E-state index in [4.69, 9.17) is 28.3 Å². The average molecular weight is 323 g/mol. The van der Waals surface area contributed by atoms with Crippen molar-refractivity contribution in [2.24, 2.45) is 0 Å². The van der Waals surface area contributed by atoms with Gasteiger partial charge in [0, 0.05) is 11.5 Å². The molecule has 0 bridgehead atoms. The van der Waals surface area contributed by atoms with Crippen LogP contribution < -0.4 is 0 Å². The summed E-state index contributed by atoms with van der Waals surface area (Å²) in [7, 11) is 0. The van der Waals surface area contributed by atoms with Gasteiger partial charge in [-0.25, -0.2) is 4.68 Å². The Morgan fingerprint density at radius 2 is 1.95 bits per heavy atom. The van der Waals surface area contributed by atoms with E-state index in [2.05, 4.69) is 32.0 Å². The summed E-state index contributed by atoms with van der Waals surface area (Å²) in [6, 6.07) is 6.35. The third-order valence-electron chi connectivity index (χ3n) is 4.42. The standard InChI is InChI=1S/C17H20Cl2N2/c1-11-7-8-12(2)15(9-11)21-17(19)14(10-18)16(20-21)13-5-3-4-6-13/h7-9,13H,3-6,10H2,1-2H3. The van der Waals surface area contributed by atoms with Crippen LogP contribution in [0.25, 0.3) is 5.69 Å². The fourth-order valence-corrected chi connectivity index (χ4v) is 3.83. The van der Waals surface area contributed by atoms with Crippen molar-refractivity contribution in [1.82, 2.24) is 9.78 Å². The van der Waals surface area contributed by atoms with Gasteiger partial charge in [0.05, 0.1) is 17.3 Å². The first-order chi connectivity index (χ1) is 10.1. The number of nitrogens with zero attached hydrogens (tertiary/aromatic N) is 2. The molecule has 0 atom stereocenters. The fourth-order valence-electron chi connectivity index (χ4n) is 3.20. The summed E-state index contributed by atoms with van der Waals surface area (Å²) in [6.45, 7) is 4.17. The Hall–Kier alpha value is -0.990. The fraction of sp³-hybridized carbons (Fsp3) is 0.471. The normalized spacial score (nSPS) is 15.8. The quantitative estimate of drug-likeness (QED) is 0.678. The zero-order chi connectivity index (χ0) is 15.0. The highest BCUT2D eigenvalue weighted by atomic mass is 35.5. The molecule has 0 unspecified atom stereocenters. The van der Waals surface area contributed by atoms with Gasteiger partial charge in [0.2, 0.25) is 0 Å². The molecule has 1 fully saturated rings. The molecule has 3 rings (SSSR count). The Labute approximate surface area is 136 Å². The second kappa shape index (κ2) is 6.02. The zero-order valence-electron chi connectivity index (χ0n) is 12.5. The van der Waals surface area contributed by atoms with E-state index in [-0.39, 0.29) is 0 Å². The topological polar surface area (TPSA) is 17.8 Å². The van der Waals surface area contributed by atoms with E-state index in [1.807, 2.05) is 4.68 Å². The second-order valence-corrected chi connectivity index (χ2v) is 6.60. The molecule has 1 saturated carbocycles. The molecule has 1 aliphatic carbocycles. The van der Waals surface area contributed by atoms with Crippen LogP contribution >= 0.6 is 23.2 Å². The van der Waals surface area contributed by atoms with Crippen molar-refractivity contribution in [3.05, 3.63) is 45.7 Å². The molecule has 4 heteroatoms. The van der Waals surface area contributed by atoms with E-state index in [0.717, 1.165) is 16.9 Å². The second-order valence-electron chi connectivity index (χ2n) is 5.97. The number of halogens is 2. The Morgan fingerprint density at radius 1 is 1.24 bits per heavy atom. The van der Waals surface area contributed by atoms with Gasteiger partial charge in [0.25, 0.3) is 0 Å². The van der Waals surface area contributed by atoms with Crippen molar-refractivity contribution < 1.29 is 0 Å². The lowest BCUT2D eigenvalue weighted by molar-refractivity contribution is 0.674. The first kappa shape index (κ1) is 14.9. The van der Waals surface area contributed by atoms with Crippen LogP contribution in [-0.4, -0.2) is 9.78 Å². The summed E-state index contributed by atoms with van der Waals surface area (Å²) in [5.41, 5.74) is 5.54. The van der Waals surface area contributed by atoms with Crippen molar-refractivity contribution in [3.8, 4) is 5.69 Å². The van der Waals surface area contributed by atoms with Crippen molar-refractivity contribution in [1.29, 1.82) is 0 Å². The van der Waals surface area contributed by atoms with Crippen LogP contribution in [0.2, 0.25) is 5.15 Å². The van der Waals surface area contributed by atoms with Gasteiger partial charge in [0.15, 0.2) is 0 Å². The highest BCUT2D eigenvalue weighted by molar-refractivity contribution is 6.31. The molecule has 1 aliphatic rings. The molecule has 1 heterocycles. The number of aryl methyl sites for hydroxylation is 2. The van der Waals surface area contributed by atoms with Gasteiger partial charge in [-0.3, -0.25) is 0 Å². The van der Waals surface area contributed by atoms with Gasteiger partial charge in [-0.1, -0.05) is 36.6 Å². The van der Waals surface area contributed by atoms with Crippen molar-refractivity contribution in [3.63, 3.8) is 0 Å². The molecule has 0 N–H and O–H groups in total. The third-order valence-corrected chi connectivity index (χ3v) is 5.08. The lowest BCUT2D eigenvalue weighted by Crippen LogP contribution is -2.02. The third kappa shape index (κ3) is 2.72. The van der Waals surface area contributed by atoms with Crippen LogP contribution in [0.1, 0.15) is 54.0 Å². The van der Waals surface area contributed by atoms with Gasteiger partial charge in [-0.05, 0) is 43.9 Å². The van der Waals surface area contributed by atoms with E-state index in [0.29, 0.717) is 17.0 Å². The predicted octanol–water partition coefficient (Wildman–Crippen LogP) is 5.54.